The van der Waals surface area contributed by atoms with Crippen LogP contribution < -0.4 is 4.74 Å². The molecule has 0 N–H and O–H groups in total. The maximum atomic E-state index is 11.8. The molecule has 0 bridgehead atoms. The highest BCUT2D eigenvalue weighted by molar-refractivity contribution is 6.03. The van der Waals surface area contributed by atoms with Gasteiger partial charge >= 0.3 is 0 Å². The van der Waals surface area contributed by atoms with Crippen LogP contribution in [0.25, 0.3) is 6.08 Å². The minimum Gasteiger partial charge on any atom is -0.496 e. The average Bonchev–Trinajstić information content (AvgIpc) is 2.62. The zero-order valence-corrected chi connectivity index (χ0v) is 9.69. The number of ether oxygens (including phenoxy) is 1. The van der Waals surface area contributed by atoms with Gasteiger partial charge in [-0.15, -0.1) is 0 Å². The van der Waals surface area contributed by atoms with E-state index in [9.17, 15) is 4.79 Å². The van der Waals surface area contributed by atoms with Gasteiger partial charge in [-0.25, -0.2) is 0 Å². The number of Topliss-reactive ketones (excluding diaryl/α,β-unsaturated/α-hetero) is 1. The van der Waals surface area contributed by atoms with E-state index >= 15 is 0 Å². The molecule has 2 heteroatoms. The van der Waals surface area contributed by atoms with Crippen molar-refractivity contribution in [3.63, 3.8) is 0 Å². The molecule has 2 nitrogen and oxygen atoms in total. The highest BCUT2D eigenvalue weighted by Crippen LogP contribution is 2.30. The first-order valence-electron chi connectivity index (χ1n) is 5.60. The number of hydrogen-bond donors (Lipinski definition) is 0. The Hall–Kier alpha value is -1.57. The fraction of sp³-hybridized carbons (Fsp3) is 0.357. The average molecular weight is 216 g/mol. The van der Waals surface area contributed by atoms with Crippen molar-refractivity contribution in [1.82, 2.24) is 0 Å². The predicted molar refractivity (Wildman–Crippen MR) is 64.4 cm³/mol. The lowest BCUT2D eigenvalue weighted by atomic mass is 10.1. The summed E-state index contributed by atoms with van der Waals surface area (Å²) < 4.78 is 5.26. The topological polar surface area (TPSA) is 26.3 Å². The molecule has 16 heavy (non-hydrogen) atoms. The largest absolute Gasteiger partial charge is 0.496 e. The highest BCUT2D eigenvalue weighted by atomic mass is 16.5. The molecule has 0 heterocycles. The molecule has 1 aromatic carbocycles. The van der Waals surface area contributed by atoms with Crippen molar-refractivity contribution in [2.75, 3.05) is 7.11 Å². The summed E-state index contributed by atoms with van der Waals surface area (Å²) in [5.41, 5.74) is 1.92. The summed E-state index contributed by atoms with van der Waals surface area (Å²) in [5, 5.41) is 0. The van der Waals surface area contributed by atoms with Crippen LogP contribution in [0.4, 0.5) is 0 Å². The Labute approximate surface area is 95.9 Å². The molecule has 1 aromatic rings. The number of allylic oxidation sites excluding steroid dienone is 1. The van der Waals surface area contributed by atoms with Crippen LogP contribution >= 0.6 is 0 Å². The summed E-state index contributed by atoms with van der Waals surface area (Å²) in [6.07, 6.45) is 3.82. The van der Waals surface area contributed by atoms with Crippen molar-refractivity contribution >= 4 is 11.9 Å². The first-order chi connectivity index (χ1) is 7.72. The van der Waals surface area contributed by atoms with E-state index in [2.05, 4.69) is 0 Å². The molecule has 1 saturated carbocycles. The van der Waals surface area contributed by atoms with Crippen molar-refractivity contribution in [2.24, 2.45) is 5.92 Å². The van der Waals surface area contributed by atoms with Crippen LogP contribution in [0.3, 0.4) is 0 Å². The van der Waals surface area contributed by atoms with Crippen molar-refractivity contribution in [3.8, 4) is 5.75 Å². The number of carbonyl (C=O) groups excluding carboxylic acids is 1. The summed E-state index contributed by atoms with van der Waals surface area (Å²) in [7, 11) is 1.65. The Bertz CT molecular complexity index is 432. The van der Waals surface area contributed by atoms with Gasteiger partial charge in [0.05, 0.1) is 7.11 Å². The van der Waals surface area contributed by atoms with Gasteiger partial charge in [-0.1, -0.05) is 25.1 Å². The van der Waals surface area contributed by atoms with E-state index in [0.717, 1.165) is 29.7 Å². The van der Waals surface area contributed by atoms with Crippen molar-refractivity contribution in [2.45, 2.75) is 19.8 Å². The maximum Gasteiger partial charge on any atom is 0.161 e. The molecular formula is C14H16O2. The summed E-state index contributed by atoms with van der Waals surface area (Å²) in [4.78, 5) is 11.8. The van der Waals surface area contributed by atoms with E-state index in [-0.39, 0.29) is 11.7 Å². The Kier molecular flexibility index (Phi) is 3.09. The van der Waals surface area contributed by atoms with Gasteiger partial charge in [0.1, 0.15) is 5.75 Å². The molecule has 1 aliphatic rings. The molecule has 1 aliphatic carbocycles. The summed E-state index contributed by atoms with van der Waals surface area (Å²) in [6.45, 7) is 1.99. The molecule has 1 atom stereocenters. The van der Waals surface area contributed by atoms with Crippen LogP contribution in [0.15, 0.2) is 29.8 Å². The molecule has 1 unspecified atom stereocenters. The molecule has 0 saturated heterocycles. The molecule has 1 fully saturated rings. The summed E-state index contributed by atoms with van der Waals surface area (Å²) >= 11 is 0. The third-order valence-electron chi connectivity index (χ3n) is 3.08. The summed E-state index contributed by atoms with van der Waals surface area (Å²) in [6, 6.07) is 7.77. The number of benzene rings is 1. The van der Waals surface area contributed by atoms with E-state index in [4.69, 9.17) is 4.74 Å². The second-order valence-corrected chi connectivity index (χ2v) is 4.22. The number of rotatable bonds is 2. The first-order valence-corrected chi connectivity index (χ1v) is 5.60. The van der Waals surface area contributed by atoms with Gasteiger partial charge in [-0.3, -0.25) is 4.79 Å². The van der Waals surface area contributed by atoms with Gasteiger partial charge in [0.15, 0.2) is 5.78 Å². The normalized spacial score (nSPS) is 22.8. The van der Waals surface area contributed by atoms with Crippen molar-refractivity contribution in [1.29, 1.82) is 0 Å². The minimum absolute atomic E-state index is 0.181. The second-order valence-electron chi connectivity index (χ2n) is 4.22. The lowest BCUT2D eigenvalue weighted by molar-refractivity contribution is -0.117. The Morgan fingerprint density at radius 2 is 2.12 bits per heavy atom. The van der Waals surface area contributed by atoms with Gasteiger partial charge in [0, 0.05) is 11.5 Å². The second kappa shape index (κ2) is 4.52. The number of hydrogen-bond acceptors (Lipinski definition) is 2. The first kappa shape index (κ1) is 10.9. The minimum atomic E-state index is 0.181. The molecular weight excluding hydrogens is 200 g/mol. The van der Waals surface area contributed by atoms with Crippen LogP contribution in [0, 0.1) is 5.92 Å². The van der Waals surface area contributed by atoms with Gasteiger partial charge in [0.2, 0.25) is 0 Å². The smallest absolute Gasteiger partial charge is 0.161 e. The van der Waals surface area contributed by atoms with Crippen LogP contribution in [0.5, 0.6) is 5.75 Å². The van der Waals surface area contributed by atoms with E-state index in [0.29, 0.717) is 0 Å². The van der Waals surface area contributed by atoms with Crippen LogP contribution in [-0.4, -0.2) is 12.9 Å². The number of methoxy groups -OCH3 is 1. The molecule has 0 aromatic heterocycles. The van der Waals surface area contributed by atoms with Gasteiger partial charge < -0.3 is 4.74 Å². The predicted octanol–water partition coefficient (Wildman–Crippen LogP) is 3.08. The van der Waals surface area contributed by atoms with Gasteiger partial charge in [-0.05, 0) is 30.6 Å². The fourth-order valence-electron chi connectivity index (χ4n) is 2.06. The molecule has 2 rings (SSSR count). The molecule has 0 spiro atoms. The van der Waals surface area contributed by atoms with E-state index in [1.807, 2.05) is 37.3 Å². The van der Waals surface area contributed by atoms with E-state index < -0.39 is 0 Å². The van der Waals surface area contributed by atoms with Crippen molar-refractivity contribution in [3.05, 3.63) is 35.4 Å². The number of ketones is 1. The molecule has 0 aliphatic heterocycles. The maximum absolute atomic E-state index is 11.8. The van der Waals surface area contributed by atoms with E-state index in [1.54, 1.807) is 7.11 Å². The Balaban J connectivity index is 2.32. The van der Waals surface area contributed by atoms with Gasteiger partial charge in [0.25, 0.3) is 0 Å². The third kappa shape index (κ3) is 2.01. The zero-order valence-electron chi connectivity index (χ0n) is 9.69. The quantitative estimate of drug-likeness (QED) is 0.710. The molecule has 0 amide bonds. The standard InChI is InChI=1S/C14H16O2/c1-10-7-8-12(14(10)15)9-11-5-3-4-6-13(11)16-2/h3-6,9-10H,7-8H2,1-2H3/b12-9+. The van der Waals surface area contributed by atoms with Crippen molar-refractivity contribution < 1.29 is 9.53 Å². The third-order valence-corrected chi connectivity index (χ3v) is 3.08. The fourth-order valence-corrected chi connectivity index (χ4v) is 2.06. The molecule has 0 radical (unpaired) electrons. The SMILES string of the molecule is COc1ccccc1/C=C1\CCC(C)C1=O. The zero-order chi connectivity index (χ0) is 11.5. The highest BCUT2D eigenvalue weighted by Gasteiger charge is 2.25. The Morgan fingerprint density at radius 1 is 1.38 bits per heavy atom. The van der Waals surface area contributed by atoms with Crippen LogP contribution in [0.1, 0.15) is 25.3 Å². The molecule has 84 valence electrons. The van der Waals surface area contributed by atoms with E-state index in [1.165, 1.54) is 0 Å². The monoisotopic (exact) mass is 216 g/mol. The lowest BCUT2D eigenvalue weighted by Gasteiger charge is -2.04. The number of carbonyl (C=O) groups is 1. The number of para-hydroxylation sites is 1. The van der Waals surface area contributed by atoms with Gasteiger partial charge in [-0.2, -0.15) is 0 Å². The summed E-state index contributed by atoms with van der Waals surface area (Å²) in [5.74, 6) is 1.29. The lowest BCUT2D eigenvalue weighted by Crippen LogP contribution is -2.02. The Morgan fingerprint density at radius 3 is 2.75 bits per heavy atom. The van der Waals surface area contributed by atoms with Crippen LogP contribution in [0.2, 0.25) is 0 Å². The van der Waals surface area contributed by atoms with Crippen LogP contribution in [-0.2, 0) is 4.79 Å².